The van der Waals surface area contributed by atoms with Crippen LogP contribution in [0.5, 0.6) is 0 Å². The fraction of sp³-hybridized carbons (Fsp3) is 0.824. The van der Waals surface area contributed by atoms with Crippen LogP contribution in [0, 0.1) is 11.8 Å². The first kappa shape index (κ1) is 16.5. The maximum atomic E-state index is 11.8. The summed E-state index contributed by atoms with van der Waals surface area (Å²) in [5, 5.41) is 3.71. The van der Waals surface area contributed by atoms with Crippen LogP contribution in [0.15, 0.2) is 11.6 Å². The highest BCUT2D eigenvalue weighted by Crippen LogP contribution is 2.31. The van der Waals surface area contributed by atoms with Crippen LogP contribution >= 0.6 is 0 Å². The third-order valence-corrected chi connectivity index (χ3v) is 5.22. The van der Waals surface area contributed by atoms with E-state index in [1.54, 1.807) is 0 Å². The van der Waals surface area contributed by atoms with Gasteiger partial charge in [-0.25, -0.2) is 0 Å². The second-order valence-corrected chi connectivity index (χ2v) is 6.64. The summed E-state index contributed by atoms with van der Waals surface area (Å²) in [6.45, 7) is 6.96. The van der Waals surface area contributed by atoms with Crippen molar-refractivity contribution in [2.24, 2.45) is 11.8 Å². The van der Waals surface area contributed by atoms with Gasteiger partial charge in [0, 0.05) is 25.3 Å². The van der Waals surface area contributed by atoms with E-state index in [0.29, 0.717) is 18.3 Å². The molecule has 2 rings (SSSR count). The Hall–Kier alpha value is -0.870. The van der Waals surface area contributed by atoms with Crippen molar-refractivity contribution in [3.05, 3.63) is 11.6 Å². The van der Waals surface area contributed by atoms with Crippen molar-refractivity contribution in [2.75, 3.05) is 26.9 Å². The van der Waals surface area contributed by atoms with E-state index in [1.807, 2.05) is 0 Å². The highest BCUT2D eigenvalue weighted by molar-refractivity contribution is 5.70. The van der Waals surface area contributed by atoms with E-state index in [0.717, 1.165) is 32.6 Å². The van der Waals surface area contributed by atoms with Gasteiger partial charge >= 0.3 is 5.97 Å². The van der Waals surface area contributed by atoms with Crippen LogP contribution < -0.4 is 5.32 Å². The Morgan fingerprint density at radius 2 is 2.19 bits per heavy atom. The zero-order valence-corrected chi connectivity index (χ0v) is 13.6. The average molecular weight is 295 g/mol. The summed E-state index contributed by atoms with van der Waals surface area (Å²) in [6, 6.07) is 0. The minimum absolute atomic E-state index is 0.131. The highest BCUT2D eigenvalue weighted by atomic mass is 16.5. The Kier molecular flexibility index (Phi) is 5.82. The van der Waals surface area contributed by atoms with E-state index >= 15 is 0 Å². The quantitative estimate of drug-likeness (QED) is 0.626. The summed E-state index contributed by atoms with van der Waals surface area (Å²) in [5.41, 5.74) is 1.34. The topological polar surface area (TPSA) is 47.6 Å². The largest absolute Gasteiger partial charge is 0.469 e. The first-order valence-electron chi connectivity index (χ1n) is 8.12. The van der Waals surface area contributed by atoms with Crippen LogP contribution in [0.2, 0.25) is 0 Å². The lowest BCUT2D eigenvalue weighted by Gasteiger charge is -2.40. The first-order valence-corrected chi connectivity index (χ1v) is 8.12. The van der Waals surface area contributed by atoms with Crippen LogP contribution in [0.4, 0.5) is 0 Å². The smallest absolute Gasteiger partial charge is 0.307 e. The molecule has 1 aliphatic heterocycles. The second kappa shape index (κ2) is 7.41. The van der Waals surface area contributed by atoms with Crippen molar-refractivity contribution in [1.29, 1.82) is 0 Å². The van der Waals surface area contributed by atoms with Crippen molar-refractivity contribution in [2.45, 2.75) is 51.5 Å². The molecule has 2 aliphatic rings. The number of ether oxygens (including phenoxy) is 2. The summed E-state index contributed by atoms with van der Waals surface area (Å²) in [6.07, 6.45) is 7.03. The molecule has 0 amide bonds. The maximum Gasteiger partial charge on any atom is 0.307 e. The number of carbonyl (C=O) groups excluding carboxylic acids is 1. The standard InChI is InChI=1S/C17H29NO3/c1-13-5-4-6-14(2)15(13)12-18-17(11-16(19)20-3)7-9-21-10-8-17/h5,14-15,18H,4,6-12H2,1-3H3/t14-,15+/m1/s1. The van der Waals surface area contributed by atoms with Gasteiger partial charge in [-0.1, -0.05) is 18.6 Å². The van der Waals surface area contributed by atoms with E-state index in [4.69, 9.17) is 9.47 Å². The minimum Gasteiger partial charge on any atom is -0.469 e. The molecule has 0 aromatic heterocycles. The molecule has 4 nitrogen and oxygen atoms in total. The first-order chi connectivity index (χ1) is 10.1. The van der Waals surface area contributed by atoms with E-state index in [9.17, 15) is 4.79 Å². The number of carbonyl (C=O) groups is 1. The third-order valence-electron chi connectivity index (χ3n) is 5.22. The van der Waals surface area contributed by atoms with Gasteiger partial charge in [0.2, 0.25) is 0 Å². The van der Waals surface area contributed by atoms with Crippen molar-refractivity contribution in [1.82, 2.24) is 5.32 Å². The summed E-state index contributed by atoms with van der Waals surface area (Å²) in [7, 11) is 1.46. The van der Waals surface area contributed by atoms with Crippen LogP contribution in [-0.4, -0.2) is 38.4 Å². The fourth-order valence-electron chi connectivity index (χ4n) is 3.59. The molecule has 0 saturated carbocycles. The molecule has 0 spiro atoms. The van der Waals surface area contributed by atoms with Crippen LogP contribution in [0.25, 0.3) is 0 Å². The Balaban J connectivity index is 1.99. The molecule has 4 heteroatoms. The monoisotopic (exact) mass is 295 g/mol. The fourth-order valence-corrected chi connectivity index (χ4v) is 3.59. The number of hydrogen-bond donors (Lipinski definition) is 1. The lowest BCUT2D eigenvalue weighted by Crippen LogP contribution is -2.53. The van der Waals surface area contributed by atoms with E-state index in [-0.39, 0.29) is 11.5 Å². The number of esters is 1. The van der Waals surface area contributed by atoms with Gasteiger partial charge in [-0.05, 0) is 44.4 Å². The van der Waals surface area contributed by atoms with E-state index in [2.05, 4.69) is 25.2 Å². The Morgan fingerprint density at radius 1 is 1.48 bits per heavy atom. The summed E-state index contributed by atoms with van der Waals surface area (Å²) < 4.78 is 10.4. The summed E-state index contributed by atoms with van der Waals surface area (Å²) >= 11 is 0. The molecule has 120 valence electrons. The van der Waals surface area contributed by atoms with Crippen LogP contribution in [-0.2, 0) is 14.3 Å². The molecule has 1 N–H and O–H groups in total. The highest BCUT2D eigenvalue weighted by Gasteiger charge is 2.36. The molecular formula is C17H29NO3. The molecule has 0 bridgehead atoms. The van der Waals surface area contributed by atoms with Gasteiger partial charge in [-0.15, -0.1) is 0 Å². The number of nitrogens with one attached hydrogen (secondary N) is 1. The van der Waals surface area contributed by atoms with Gasteiger partial charge in [0.15, 0.2) is 0 Å². The summed E-state index contributed by atoms with van der Waals surface area (Å²) in [4.78, 5) is 11.8. The van der Waals surface area contributed by atoms with Gasteiger partial charge in [0.1, 0.15) is 0 Å². The van der Waals surface area contributed by atoms with Gasteiger partial charge in [-0.3, -0.25) is 4.79 Å². The zero-order chi connectivity index (χ0) is 15.3. The van der Waals surface area contributed by atoms with Crippen LogP contribution in [0.1, 0.15) is 46.0 Å². The molecule has 1 heterocycles. The molecule has 0 unspecified atom stereocenters. The Morgan fingerprint density at radius 3 is 2.81 bits per heavy atom. The zero-order valence-electron chi connectivity index (χ0n) is 13.6. The van der Waals surface area contributed by atoms with Crippen LogP contribution in [0.3, 0.4) is 0 Å². The molecule has 0 aromatic carbocycles. The Bertz CT molecular complexity index is 385. The average Bonchev–Trinajstić information content (AvgIpc) is 2.47. The SMILES string of the molecule is COC(=O)CC1(NC[C@H]2C(C)=CCC[C@H]2C)CCOCC1. The molecule has 21 heavy (non-hydrogen) atoms. The third kappa shape index (κ3) is 4.30. The minimum atomic E-state index is -0.150. The second-order valence-electron chi connectivity index (χ2n) is 6.64. The molecule has 1 fully saturated rings. The molecule has 1 saturated heterocycles. The molecule has 2 atom stereocenters. The number of methoxy groups -OCH3 is 1. The molecule has 0 aromatic rings. The summed E-state index contributed by atoms with van der Waals surface area (Å²) in [5.74, 6) is 1.15. The van der Waals surface area contributed by atoms with Gasteiger partial charge in [-0.2, -0.15) is 0 Å². The molecule has 1 aliphatic carbocycles. The van der Waals surface area contributed by atoms with Crippen molar-refractivity contribution in [3.8, 4) is 0 Å². The van der Waals surface area contributed by atoms with E-state index < -0.39 is 0 Å². The van der Waals surface area contributed by atoms with Crippen molar-refractivity contribution < 1.29 is 14.3 Å². The lowest BCUT2D eigenvalue weighted by molar-refractivity contribution is -0.143. The number of allylic oxidation sites excluding steroid dienone is 1. The van der Waals surface area contributed by atoms with Gasteiger partial charge in [0.25, 0.3) is 0 Å². The van der Waals surface area contributed by atoms with Crippen molar-refractivity contribution >= 4 is 5.97 Å². The van der Waals surface area contributed by atoms with E-state index in [1.165, 1.54) is 25.5 Å². The predicted molar refractivity (Wildman–Crippen MR) is 83.1 cm³/mol. The number of hydrogen-bond acceptors (Lipinski definition) is 4. The van der Waals surface area contributed by atoms with Gasteiger partial charge < -0.3 is 14.8 Å². The normalized spacial score (nSPS) is 28.8. The van der Waals surface area contributed by atoms with Gasteiger partial charge in [0.05, 0.1) is 13.5 Å². The molecule has 0 radical (unpaired) electrons. The maximum absolute atomic E-state index is 11.8. The van der Waals surface area contributed by atoms with Crippen molar-refractivity contribution in [3.63, 3.8) is 0 Å². The lowest BCUT2D eigenvalue weighted by atomic mass is 9.78. The molecular weight excluding hydrogens is 266 g/mol. The predicted octanol–water partition coefficient (Wildman–Crippen LogP) is 2.68. The Labute approximate surface area is 128 Å². The number of rotatable bonds is 5.